The fraction of sp³-hybridized carbons (Fsp3) is 0.357. The largest absolute Gasteiger partial charge is 0.300 e. The van der Waals surface area contributed by atoms with Crippen LogP contribution in [0.3, 0.4) is 0 Å². The summed E-state index contributed by atoms with van der Waals surface area (Å²) in [6, 6.07) is 10.1. The lowest BCUT2D eigenvalue weighted by Gasteiger charge is -2.06. The summed E-state index contributed by atoms with van der Waals surface area (Å²) in [6.07, 6.45) is 1.39. The Morgan fingerprint density at radius 2 is 2.00 bits per heavy atom. The molecule has 2 aromatic rings. The highest BCUT2D eigenvalue weighted by Crippen LogP contribution is 2.21. The van der Waals surface area contributed by atoms with Gasteiger partial charge in [-0.3, -0.25) is 0 Å². The first kappa shape index (κ1) is 12.5. The second-order valence-electron chi connectivity index (χ2n) is 4.42. The average molecular weight is 243 g/mol. The lowest BCUT2D eigenvalue weighted by molar-refractivity contribution is -0.117. The van der Waals surface area contributed by atoms with Crippen LogP contribution < -0.4 is 0 Å². The predicted molar refractivity (Wildman–Crippen MR) is 70.1 cm³/mol. The van der Waals surface area contributed by atoms with Crippen molar-refractivity contribution < 1.29 is 4.79 Å². The Hall–Kier alpha value is -1.97. The zero-order chi connectivity index (χ0) is 13.0. The molecule has 4 nitrogen and oxygen atoms in total. The van der Waals surface area contributed by atoms with Gasteiger partial charge in [-0.1, -0.05) is 35.5 Å². The van der Waals surface area contributed by atoms with E-state index in [2.05, 4.69) is 10.3 Å². The van der Waals surface area contributed by atoms with Gasteiger partial charge in [0.05, 0.1) is 11.4 Å². The molecule has 1 aromatic carbocycles. The Labute approximate surface area is 107 Å². The lowest BCUT2D eigenvalue weighted by Crippen LogP contribution is -2.04. The standard InChI is InChI=1S/C14H17N3O/c1-11(18)7-6-10-17-14(12(2)15-16-17)13-8-4-3-5-9-13/h3-5,8-9H,6-7,10H2,1-2H3. The van der Waals surface area contributed by atoms with Crippen LogP contribution in [-0.4, -0.2) is 20.8 Å². The molecule has 0 aliphatic rings. The zero-order valence-corrected chi connectivity index (χ0v) is 10.8. The first-order valence-corrected chi connectivity index (χ1v) is 6.13. The molecule has 1 aromatic heterocycles. The molecular formula is C14H17N3O. The summed E-state index contributed by atoms with van der Waals surface area (Å²) in [6.45, 7) is 4.30. The monoisotopic (exact) mass is 243 g/mol. The highest BCUT2D eigenvalue weighted by molar-refractivity contribution is 5.75. The van der Waals surface area contributed by atoms with E-state index in [4.69, 9.17) is 0 Å². The number of carbonyl (C=O) groups is 1. The van der Waals surface area contributed by atoms with Gasteiger partial charge in [0.2, 0.25) is 0 Å². The van der Waals surface area contributed by atoms with Gasteiger partial charge in [-0.15, -0.1) is 5.10 Å². The van der Waals surface area contributed by atoms with E-state index < -0.39 is 0 Å². The molecule has 0 fully saturated rings. The maximum atomic E-state index is 10.9. The van der Waals surface area contributed by atoms with Gasteiger partial charge in [-0.25, -0.2) is 4.68 Å². The molecule has 0 spiro atoms. The molecule has 4 heteroatoms. The van der Waals surface area contributed by atoms with Crippen LogP contribution in [0.1, 0.15) is 25.5 Å². The van der Waals surface area contributed by atoms with Crippen LogP contribution in [0.25, 0.3) is 11.3 Å². The minimum atomic E-state index is 0.216. The number of Topliss-reactive ketones (excluding diaryl/α,β-unsaturated/α-hetero) is 1. The molecule has 0 N–H and O–H groups in total. The van der Waals surface area contributed by atoms with Crippen molar-refractivity contribution in [1.82, 2.24) is 15.0 Å². The van der Waals surface area contributed by atoms with Crippen molar-refractivity contribution in [3.05, 3.63) is 36.0 Å². The molecular weight excluding hydrogens is 226 g/mol. The van der Waals surface area contributed by atoms with Gasteiger partial charge in [-0.2, -0.15) is 0 Å². The number of benzene rings is 1. The summed E-state index contributed by atoms with van der Waals surface area (Å²) in [5.74, 6) is 0.216. The third-order valence-corrected chi connectivity index (χ3v) is 2.85. The van der Waals surface area contributed by atoms with E-state index in [0.29, 0.717) is 6.42 Å². The van der Waals surface area contributed by atoms with Crippen molar-refractivity contribution in [2.24, 2.45) is 0 Å². The zero-order valence-electron chi connectivity index (χ0n) is 10.8. The van der Waals surface area contributed by atoms with E-state index in [0.717, 1.165) is 29.9 Å². The van der Waals surface area contributed by atoms with E-state index in [9.17, 15) is 4.79 Å². The molecule has 0 unspecified atom stereocenters. The second-order valence-corrected chi connectivity index (χ2v) is 4.42. The van der Waals surface area contributed by atoms with Gasteiger partial charge >= 0.3 is 0 Å². The summed E-state index contributed by atoms with van der Waals surface area (Å²) in [5.41, 5.74) is 3.08. The van der Waals surface area contributed by atoms with Crippen LogP contribution in [0.4, 0.5) is 0 Å². The molecule has 0 radical (unpaired) electrons. The van der Waals surface area contributed by atoms with Crippen LogP contribution in [-0.2, 0) is 11.3 Å². The summed E-state index contributed by atoms with van der Waals surface area (Å²) < 4.78 is 1.88. The number of carbonyl (C=O) groups excluding carboxylic acids is 1. The van der Waals surface area contributed by atoms with Crippen LogP contribution in [0.15, 0.2) is 30.3 Å². The SMILES string of the molecule is CC(=O)CCCn1nnc(C)c1-c1ccccc1. The highest BCUT2D eigenvalue weighted by Gasteiger charge is 2.10. The Kier molecular flexibility index (Phi) is 3.87. The van der Waals surface area contributed by atoms with Gasteiger partial charge in [0, 0.05) is 18.5 Å². The number of nitrogens with zero attached hydrogens (tertiary/aromatic N) is 3. The molecule has 94 valence electrons. The first-order valence-electron chi connectivity index (χ1n) is 6.13. The number of hydrogen-bond acceptors (Lipinski definition) is 3. The molecule has 2 rings (SSSR count). The maximum absolute atomic E-state index is 10.9. The smallest absolute Gasteiger partial charge is 0.129 e. The van der Waals surface area contributed by atoms with Gasteiger partial charge < -0.3 is 4.79 Å². The highest BCUT2D eigenvalue weighted by atomic mass is 16.1. The molecule has 0 saturated heterocycles. The van der Waals surface area contributed by atoms with Crippen LogP contribution >= 0.6 is 0 Å². The maximum Gasteiger partial charge on any atom is 0.129 e. The van der Waals surface area contributed by atoms with E-state index in [1.54, 1.807) is 6.92 Å². The number of aromatic nitrogens is 3. The van der Waals surface area contributed by atoms with Gasteiger partial charge in [0.1, 0.15) is 5.78 Å². The quantitative estimate of drug-likeness (QED) is 0.811. The van der Waals surface area contributed by atoms with Gasteiger partial charge in [0.15, 0.2) is 0 Å². The Bertz CT molecular complexity index is 531. The fourth-order valence-electron chi connectivity index (χ4n) is 1.99. The molecule has 0 bridgehead atoms. The van der Waals surface area contributed by atoms with E-state index in [1.165, 1.54) is 0 Å². The summed E-state index contributed by atoms with van der Waals surface area (Å²) >= 11 is 0. The van der Waals surface area contributed by atoms with Gasteiger partial charge in [-0.05, 0) is 20.3 Å². The number of aryl methyl sites for hydroxylation is 2. The Morgan fingerprint density at radius 1 is 1.28 bits per heavy atom. The van der Waals surface area contributed by atoms with Crippen molar-refractivity contribution in [2.45, 2.75) is 33.2 Å². The van der Waals surface area contributed by atoms with Crippen molar-refractivity contribution in [3.8, 4) is 11.3 Å². The number of rotatable bonds is 5. The van der Waals surface area contributed by atoms with Crippen LogP contribution in [0.2, 0.25) is 0 Å². The molecule has 0 aliphatic heterocycles. The Balaban J connectivity index is 2.20. The predicted octanol–water partition coefficient (Wildman–Crippen LogP) is 2.62. The van der Waals surface area contributed by atoms with Crippen molar-refractivity contribution in [1.29, 1.82) is 0 Å². The minimum Gasteiger partial charge on any atom is -0.300 e. The number of ketones is 1. The topological polar surface area (TPSA) is 47.8 Å². The summed E-state index contributed by atoms with van der Waals surface area (Å²) in [7, 11) is 0. The minimum absolute atomic E-state index is 0.216. The van der Waals surface area contributed by atoms with Crippen LogP contribution in [0, 0.1) is 6.92 Å². The molecule has 0 aliphatic carbocycles. The normalized spacial score (nSPS) is 10.6. The lowest BCUT2D eigenvalue weighted by atomic mass is 10.1. The summed E-state index contributed by atoms with van der Waals surface area (Å²) in [5, 5.41) is 8.26. The van der Waals surface area contributed by atoms with Gasteiger partial charge in [0.25, 0.3) is 0 Å². The van der Waals surface area contributed by atoms with Crippen LogP contribution in [0.5, 0.6) is 0 Å². The van der Waals surface area contributed by atoms with E-state index in [-0.39, 0.29) is 5.78 Å². The molecule has 0 atom stereocenters. The fourth-order valence-corrected chi connectivity index (χ4v) is 1.99. The first-order chi connectivity index (χ1) is 8.68. The van der Waals surface area contributed by atoms with Crippen molar-refractivity contribution in [3.63, 3.8) is 0 Å². The second kappa shape index (κ2) is 5.58. The third kappa shape index (κ3) is 2.83. The third-order valence-electron chi connectivity index (χ3n) is 2.85. The number of hydrogen-bond donors (Lipinski definition) is 0. The molecule has 1 heterocycles. The molecule has 0 amide bonds. The Morgan fingerprint density at radius 3 is 2.67 bits per heavy atom. The van der Waals surface area contributed by atoms with Crippen molar-refractivity contribution >= 4 is 5.78 Å². The van der Waals surface area contributed by atoms with E-state index >= 15 is 0 Å². The van der Waals surface area contributed by atoms with E-state index in [1.807, 2.05) is 41.9 Å². The summed E-state index contributed by atoms with van der Waals surface area (Å²) in [4.78, 5) is 10.9. The van der Waals surface area contributed by atoms with Crippen molar-refractivity contribution in [2.75, 3.05) is 0 Å². The molecule has 0 saturated carbocycles. The molecule has 18 heavy (non-hydrogen) atoms. The average Bonchev–Trinajstić information content (AvgIpc) is 2.71.